The van der Waals surface area contributed by atoms with Crippen LogP contribution in [0, 0.1) is 6.92 Å². The Morgan fingerprint density at radius 1 is 1.44 bits per heavy atom. The Morgan fingerprint density at radius 3 is 3.00 bits per heavy atom. The summed E-state index contributed by atoms with van der Waals surface area (Å²) in [6.45, 7) is 3.86. The molecule has 0 unspecified atom stereocenters. The number of aromatic nitrogens is 3. The third kappa shape index (κ3) is 3.88. The number of carbonyl (C=O) groups is 1. The molecule has 25 heavy (non-hydrogen) atoms. The van der Waals surface area contributed by atoms with Gasteiger partial charge in [-0.3, -0.25) is 4.79 Å². The third-order valence-electron chi connectivity index (χ3n) is 4.04. The van der Waals surface area contributed by atoms with E-state index in [4.69, 9.17) is 4.74 Å². The fourth-order valence-corrected chi connectivity index (χ4v) is 3.45. The molecule has 3 heterocycles. The Labute approximate surface area is 151 Å². The number of rotatable bonds is 7. The fraction of sp³-hybridized carbons (Fsp3) is 0.389. The first-order valence-electron chi connectivity index (χ1n) is 8.20. The average Bonchev–Trinajstić information content (AvgIpc) is 3.24. The van der Waals surface area contributed by atoms with E-state index in [0.717, 1.165) is 23.1 Å². The van der Waals surface area contributed by atoms with Crippen molar-refractivity contribution in [2.75, 3.05) is 27.3 Å². The fourth-order valence-electron chi connectivity index (χ4n) is 2.77. The summed E-state index contributed by atoms with van der Waals surface area (Å²) in [7, 11) is 3.48. The molecule has 3 aromatic rings. The van der Waals surface area contributed by atoms with E-state index in [1.165, 1.54) is 4.88 Å². The zero-order chi connectivity index (χ0) is 17.8. The van der Waals surface area contributed by atoms with E-state index < -0.39 is 0 Å². The molecular weight excluding hydrogens is 336 g/mol. The van der Waals surface area contributed by atoms with E-state index in [1.54, 1.807) is 29.5 Å². The van der Waals surface area contributed by atoms with Crippen molar-refractivity contribution in [2.45, 2.75) is 19.9 Å². The van der Waals surface area contributed by atoms with E-state index in [0.29, 0.717) is 25.3 Å². The van der Waals surface area contributed by atoms with Gasteiger partial charge in [0.05, 0.1) is 23.7 Å². The number of aryl methyl sites for hydroxylation is 1. The van der Waals surface area contributed by atoms with Crippen molar-refractivity contribution in [3.63, 3.8) is 0 Å². The van der Waals surface area contributed by atoms with Gasteiger partial charge in [0.25, 0.3) is 5.91 Å². The number of nitrogens with zero attached hydrogens (tertiary/aromatic N) is 4. The summed E-state index contributed by atoms with van der Waals surface area (Å²) in [6, 6.07) is 5.94. The first kappa shape index (κ1) is 17.6. The molecule has 0 N–H and O–H groups in total. The van der Waals surface area contributed by atoms with Gasteiger partial charge in [-0.1, -0.05) is 6.07 Å². The summed E-state index contributed by atoms with van der Waals surface area (Å²) in [5, 5.41) is 7.30. The molecule has 0 bridgehead atoms. The highest BCUT2D eigenvalue weighted by Gasteiger charge is 2.19. The van der Waals surface area contributed by atoms with Crippen molar-refractivity contribution in [1.29, 1.82) is 0 Å². The van der Waals surface area contributed by atoms with Gasteiger partial charge in [0.1, 0.15) is 0 Å². The third-order valence-corrected chi connectivity index (χ3v) is 4.90. The maximum Gasteiger partial charge on any atom is 0.254 e. The number of pyridine rings is 1. The van der Waals surface area contributed by atoms with Crippen molar-refractivity contribution in [3.05, 3.63) is 45.9 Å². The Kier molecular flexibility index (Phi) is 5.45. The van der Waals surface area contributed by atoms with E-state index >= 15 is 0 Å². The van der Waals surface area contributed by atoms with Crippen LogP contribution in [0.4, 0.5) is 0 Å². The summed E-state index contributed by atoms with van der Waals surface area (Å²) in [5.74, 6) is -0.0118. The second-order valence-electron chi connectivity index (χ2n) is 6.00. The molecule has 3 rings (SSSR count). The lowest BCUT2D eigenvalue weighted by Crippen LogP contribution is -2.28. The van der Waals surface area contributed by atoms with Crippen LogP contribution in [0.25, 0.3) is 11.0 Å². The van der Waals surface area contributed by atoms with Crippen LogP contribution in [-0.2, 0) is 11.3 Å². The van der Waals surface area contributed by atoms with Crippen molar-refractivity contribution in [3.8, 4) is 0 Å². The molecule has 6 nitrogen and oxygen atoms in total. The topological polar surface area (TPSA) is 60.2 Å². The van der Waals surface area contributed by atoms with Gasteiger partial charge >= 0.3 is 0 Å². The minimum Gasteiger partial charge on any atom is -0.385 e. The summed E-state index contributed by atoms with van der Waals surface area (Å²) >= 11 is 1.68. The predicted octanol–water partition coefficient (Wildman–Crippen LogP) is 2.96. The standard InChI is InChI=1S/C18H22N4O2S/c1-13-10-15(18(23)21(2)7-5-8-24-3)16-11-19-22(17(16)20-13)12-14-6-4-9-25-14/h4,6,9-11H,5,7-8,12H2,1-3H3. The minimum absolute atomic E-state index is 0.0118. The molecule has 3 aromatic heterocycles. The SMILES string of the molecule is COCCCN(C)C(=O)c1cc(C)nc2c1cnn2Cc1cccs1. The maximum atomic E-state index is 12.9. The van der Waals surface area contributed by atoms with Gasteiger partial charge in [-0.25, -0.2) is 9.67 Å². The molecule has 0 atom stereocenters. The molecule has 0 aliphatic rings. The Balaban J connectivity index is 1.90. The Morgan fingerprint density at radius 2 is 2.28 bits per heavy atom. The first-order chi connectivity index (χ1) is 12.1. The molecule has 7 heteroatoms. The smallest absolute Gasteiger partial charge is 0.254 e. The normalized spacial score (nSPS) is 11.2. The van der Waals surface area contributed by atoms with Crippen LogP contribution >= 0.6 is 11.3 Å². The van der Waals surface area contributed by atoms with Crippen LogP contribution in [0.15, 0.2) is 29.8 Å². The zero-order valence-corrected chi connectivity index (χ0v) is 15.5. The van der Waals surface area contributed by atoms with Crippen molar-refractivity contribution in [1.82, 2.24) is 19.7 Å². The van der Waals surface area contributed by atoms with Crippen LogP contribution in [0.1, 0.15) is 27.3 Å². The van der Waals surface area contributed by atoms with Gasteiger partial charge in [0, 0.05) is 37.9 Å². The summed E-state index contributed by atoms with van der Waals surface area (Å²) in [5.41, 5.74) is 2.22. The minimum atomic E-state index is -0.0118. The Bertz CT molecular complexity index is 857. The second-order valence-corrected chi connectivity index (χ2v) is 7.04. The van der Waals surface area contributed by atoms with Crippen LogP contribution < -0.4 is 0 Å². The number of hydrogen-bond donors (Lipinski definition) is 0. The molecule has 132 valence electrons. The molecule has 0 aromatic carbocycles. The van der Waals surface area contributed by atoms with Crippen molar-refractivity contribution < 1.29 is 9.53 Å². The van der Waals surface area contributed by atoms with Crippen LogP contribution in [0.3, 0.4) is 0 Å². The lowest BCUT2D eigenvalue weighted by Gasteiger charge is -2.17. The first-order valence-corrected chi connectivity index (χ1v) is 9.08. The maximum absolute atomic E-state index is 12.9. The quantitative estimate of drug-likeness (QED) is 0.609. The Hall–Kier alpha value is -2.25. The monoisotopic (exact) mass is 358 g/mol. The predicted molar refractivity (Wildman–Crippen MR) is 99.1 cm³/mol. The van der Waals surface area contributed by atoms with Crippen molar-refractivity contribution >= 4 is 28.3 Å². The molecule has 0 aliphatic carbocycles. The number of thiophene rings is 1. The molecule has 0 radical (unpaired) electrons. The van der Waals surface area contributed by atoms with Gasteiger partial charge in [-0.05, 0) is 30.9 Å². The van der Waals surface area contributed by atoms with Gasteiger partial charge in [-0.2, -0.15) is 5.10 Å². The molecule has 0 saturated heterocycles. The van der Waals surface area contributed by atoms with E-state index in [2.05, 4.69) is 16.1 Å². The van der Waals surface area contributed by atoms with Crippen LogP contribution in [0.2, 0.25) is 0 Å². The van der Waals surface area contributed by atoms with Gasteiger partial charge < -0.3 is 9.64 Å². The largest absolute Gasteiger partial charge is 0.385 e. The second kappa shape index (κ2) is 7.76. The van der Waals surface area contributed by atoms with Crippen LogP contribution in [-0.4, -0.2) is 52.9 Å². The highest BCUT2D eigenvalue weighted by Crippen LogP contribution is 2.21. The highest BCUT2D eigenvalue weighted by atomic mass is 32.1. The number of carbonyl (C=O) groups excluding carboxylic acids is 1. The van der Waals surface area contributed by atoms with Crippen LogP contribution in [0.5, 0.6) is 0 Å². The molecule has 0 fully saturated rings. The molecule has 1 amide bonds. The number of fused-ring (bicyclic) bond motifs is 1. The summed E-state index contributed by atoms with van der Waals surface area (Å²) < 4.78 is 6.92. The highest BCUT2D eigenvalue weighted by molar-refractivity contribution is 7.09. The van der Waals surface area contributed by atoms with Gasteiger partial charge in [0.2, 0.25) is 0 Å². The number of hydrogen-bond acceptors (Lipinski definition) is 5. The molecular formula is C18H22N4O2S. The number of ether oxygens (including phenoxy) is 1. The van der Waals surface area contributed by atoms with E-state index in [1.807, 2.05) is 36.2 Å². The lowest BCUT2D eigenvalue weighted by molar-refractivity contribution is 0.0781. The van der Waals surface area contributed by atoms with Crippen molar-refractivity contribution in [2.24, 2.45) is 0 Å². The average molecular weight is 358 g/mol. The molecule has 0 spiro atoms. The number of methoxy groups -OCH3 is 1. The summed E-state index contributed by atoms with van der Waals surface area (Å²) in [6.07, 6.45) is 2.55. The van der Waals surface area contributed by atoms with Gasteiger partial charge in [-0.15, -0.1) is 11.3 Å². The van der Waals surface area contributed by atoms with E-state index in [9.17, 15) is 4.79 Å². The summed E-state index contributed by atoms with van der Waals surface area (Å²) in [4.78, 5) is 20.4. The lowest BCUT2D eigenvalue weighted by atomic mass is 10.1. The molecule has 0 aliphatic heterocycles. The van der Waals surface area contributed by atoms with E-state index in [-0.39, 0.29) is 5.91 Å². The van der Waals surface area contributed by atoms with Gasteiger partial charge in [0.15, 0.2) is 5.65 Å². The zero-order valence-electron chi connectivity index (χ0n) is 14.7. The molecule has 0 saturated carbocycles. The number of amides is 1.